The molecule has 0 unspecified atom stereocenters. The highest BCUT2D eigenvalue weighted by molar-refractivity contribution is 6.35. The number of para-hydroxylation sites is 1. The van der Waals surface area contributed by atoms with Crippen molar-refractivity contribution < 1.29 is 0 Å². The van der Waals surface area contributed by atoms with E-state index in [0.29, 0.717) is 0 Å². The minimum absolute atomic E-state index is 0.743. The minimum Gasteiger partial charge on any atom is -0.353 e. The summed E-state index contributed by atoms with van der Waals surface area (Å²) in [5.74, 6) is 0. The summed E-state index contributed by atoms with van der Waals surface area (Å²) in [5, 5.41) is 1.86. The molecule has 0 aliphatic heterocycles. The summed E-state index contributed by atoms with van der Waals surface area (Å²) in [4.78, 5) is 7.41. The van der Waals surface area contributed by atoms with Crippen molar-refractivity contribution in [2.45, 2.75) is 0 Å². The molecule has 0 aliphatic carbocycles. The zero-order valence-electron chi connectivity index (χ0n) is 8.44. The summed E-state index contributed by atoms with van der Waals surface area (Å²) >= 11 is 6.11. The number of halogens is 1. The van der Waals surface area contributed by atoms with Crippen LogP contribution in [0.4, 0.5) is 0 Å². The molecule has 0 aliphatic rings. The summed E-state index contributed by atoms with van der Waals surface area (Å²) in [5.41, 5.74) is 3.08. The van der Waals surface area contributed by atoms with E-state index in [1.807, 2.05) is 36.5 Å². The van der Waals surface area contributed by atoms with Gasteiger partial charge in [-0.05, 0) is 24.3 Å². The van der Waals surface area contributed by atoms with Crippen LogP contribution in [0.5, 0.6) is 0 Å². The minimum atomic E-state index is 0.743. The third-order valence-corrected chi connectivity index (χ3v) is 2.89. The van der Waals surface area contributed by atoms with Gasteiger partial charge >= 0.3 is 0 Å². The lowest BCUT2D eigenvalue weighted by atomic mass is 10.2. The van der Waals surface area contributed by atoms with Crippen LogP contribution in [0, 0.1) is 0 Å². The molecule has 0 atom stereocenters. The molecular weight excluding hydrogens is 220 g/mol. The second-order valence-electron chi connectivity index (χ2n) is 3.63. The molecule has 16 heavy (non-hydrogen) atoms. The number of hydrogen-bond acceptors (Lipinski definition) is 1. The maximum absolute atomic E-state index is 6.11. The Balaban J connectivity index is 2.23. The lowest BCUT2D eigenvalue weighted by molar-refractivity contribution is 1.31. The van der Waals surface area contributed by atoms with Crippen LogP contribution >= 0.6 is 11.6 Å². The van der Waals surface area contributed by atoms with Crippen LogP contribution in [0.3, 0.4) is 0 Å². The van der Waals surface area contributed by atoms with Gasteiger partial charge in [0, 0.05) is 29.0 Å². The van der Waals surface area contributed by atoms with Gasteiger partial charge in [0.15, 0.2) is 0 Å². The Morgan fingerprint density at radius 1 is 1.12 bits per heavy atom. The first-order valence-electron chi connectivity index (χ1n) is 5.02. The molecule has 2 nitrogen and oxygen atoms in total. The van der Waals surface area contributed by atoms with E-state index in [0.717, 1.165) is 27.2 Å². The van der Waals surface area contributed by atoms with E-state index >= 15 is 0 Å². The first-order chi connectivity index (χ1) is 7.84. The number of rotatable bonds is 1. The topological polar surface area (TPSA) is 28.7 Å². The maximum atomic E-state index is 6.11. The number of H-pyrrole nitrogens is 1. The molecule has 1 aromatic carbocycles. The van der Waals surface area contributed by atoms with Gasteiger partial charge in [-0.2, -0.15) is 0 Å². The number of pyridine rings is 1. The van der Waals surface area contributed by atoms with Crippen molar-refractivity contribution in [3.05, 3.63) is 53.8 Å². The Morgan fingerprint density at radius 2 is 2.06 bits per heavy atom. The van der Waals surface area contributed by atoms with Crippen LogP contribution in [0.25, 0.3) is 22.2 Å². The average Bonchev–Trinajstić information content (AvgIpc) is 2.76. The summed E-state index contributed by atoms with van der Waals surface area (Å²) in [6.45, 7) is 0. The first kappa shape index (κ1) is 9.43. The predicted octanol–water partition coefficient (Wildman–Crippen LogP) is 3.88. The Bertz CT molecular complexity index is 629. The Kier molecular flexibility index (Phi) is 2.15. The Morgan fingerprint density at radius 3 is 2.81 bits per heavy atom. The summed E-state index contributed by atoms with van der Waals surface area (Å²) in [6.07, 6.45) is 3.59. The van der Waals surface area contributed by atoms with Crippen molar-refractivity contribution in [2.24, 2.45) is 0 Å². The molecule has 0 bridgehead atoms. The highest BCUT2D eigenvalue weighted by atomic mass is 35.5. The highest BCUT2D eigenvalue weighted by Crippen LogP contribution is 2.27. The van der Waals surface area contributed by atoms with E-state index in [-0.39, 0.29) is 0 Å². The van der Waals surface area contributed by atoms with Crippen molar-refractivity contribution in [2.75, 3.05) is 0 Å². The Labute approximate surface area is 97.9 Å². The number of aromatic amines is 1. The van der Waals surface area contributed by atoms with E-state index in [4.69, 9.17) is 11.6 Å². The zero-order valence-corrected chi connectivity index (χ0v) is 9.20. The van der Waals surface area contributed by atoms with Gasteiger partial charge in [-0.15, -0.1) is 0 Å². The lowest BCUT2D eigenvalue weighted by Gasteiger charge is -1.95. The zero-order chi connectivity index (χ0) is 11.0. The first-order valence-corrected chi connectivity index (χ1v) is 5.40. The van der Waals surface area contributed by atoms with Gasteiger partial charge in [0.25, 0.3) is 0 Å². The monoisotopic (exact) mass is 228 g/mol. The van der Waals surface area contributed by atoms with Crippen molar-refractivity contribution in [3.8, 4) is 11.3 Å². The number of fused-ring (bicyclic) bond motifs is 1. The van der Waals surface area contributed by atoms with Gasteiger partial charge < -0.3 is 4.98 Å². The van der Waals surface area contributed by atoms with Crippen LogP contribution in [0.15, 0.2) is 48.8 Å². The number of nitrogens with one attached hydrogen (secondary N) is 1. The van der Waals surface area contributed by atoms with Gasteiger partial charge in [0.1, 0.15) is 0 Å². The maximum Gasteiger partial charge on any atom is 0.0648 e. The van der Waals surface area contributed by atoms with E-state index in [9.17, 15) is 0 Å². The normalized spacial score (nSPS) is 10.8. The number of benzene rings is 1. The average molecular weight is 229 g/mol. The molecule has 0 saturated heterocycles. The molecular formula is C13H9ClN2. The summed E-state index contributed by atoms with van der Waals surface area (Å²) in [7, 11) is 0. The molecule has 0 fully saturated rings. The second-order valence-corrected chi connectivity index (χ2v) is 4.04. The third-order valence-electron chi connectivity index (χ3n) is 2.58. The summed E-state index contributed by atoms with van der Waals surface area (Å²) in [6, 6.07) is 11.9. The lowest BCUT2D eigenvalue weighted by Crippen LogP contribution is -1.77. The van der Waals surface area contributed by atoms with Crippen LogP contribution in [0.2, 0.25) is 5.02 Å². The number of nitrogens with zero attached hydrogens (tertiary/aromatic N) is 1. The summed E-state index contributed by atoms with van der Waals surface area (Å²) < 4.78 is 0. The molecule has 78 valence electrons. The number of hydrogen-bond donors (Lipinski definition) is 1. The predicted molar refractivity (Wildman–Crippen MR) is 66.5 cm³/mol. The largest absolute Gasteiger partial charge is 0.353 e. The van der Waals surface area contributed by atoms with Crippen LogP contribution in [-0.4, -0.2) is 9.97 Å². The van der Waals surface area contributed by atoms with Crippen molar-refractivity contribution >= 4 is 22.5 Å². The molecule has 0 radical (unpaired) electrons. The quantitative estimate of drug-likeness (QED) is 0.673. The third kappa shape index (κ3) is 1.48. The van der Waals surface area contributed by atoms with Gasteiger partial charge in [-0.1, -0.05) is 23.7 Å². The van der Waals surface area contributed by atoms with E-state index < -0.39 is 0 Å². The van der Waals surface area contributed by atoms with Crippen molar-refractivity contribution in [1.29, 1.82) is 0 Å². The second kappa shape index (κ2) is 3.65. The van der Waals surface area contributed by atoms with E-state index in [1.165, 1.54) is 0 Å². The highest BCUT2D eigenvalue weighted by Gasteiger charge is 2.05. The smallest absolute Gasteiger partial charge is 0.0648 e. The molecule has 2 aromatic heterocycles. The van der Waals surface area contributed by atoms with E-state index in [2.05, 4.69) is 16.0 Å². The molecule has 0 saturated carbocycles. The fraction of sp³-hybridized carbons (Fsp3) is 0. The van der Waals surface area contributed by atoms with E-state index in [1.54, 1.807) is 6.20 Å². The van der Waals surface area contributed by atoms with Crippen molar-refractivity contribution in [1.82, 2.24) is 9.97 Å². The molecule has 3 aromatic rings. The van der Waals surface area contributed by atoms with Crippen LogP contribution in [0.1, 0.15) is 0 Å². The standard InChI is InChI=1S/C13H9ClN2/c14-11-5-1-3-9-7-12(16-13(9)11)10-4-2-6-15-8-10/h1-8,16H. The molecule has 0 spiro atoms. The van der Waals surface area contributed by atoms with Gasteiger partial charge in [0.2, 0.25) is 0 Å². The number of aromatic nitrogens is 2. The molecule has 0 amide bonds. The van der Waals surface area contributed by atoms with Crippen LogP contribution < -0.4 is 0 Å². The molecule has 3 heteroatoms. The van der Waals surface area contributed by atoms with Crippen LogP contribution in [-0.2, 0) is 0 Å². The molecule has 2 heterocycles. The van der Waals surface area contributed by atoms with Gasteiger partial charge in [-0.25, -0.2) is 0 Å². The fourth-order valence-electron chi connectivity index (χ4n) is 1.80. The molecule has 1 N–H and O–H groups in total. The molecule has 3 rings (SSSR count). The van der Waals surface area contributed by atoms with Gasteiger partial charge in [0.05, 0.1) is 10.5 Å². The van der Waals surface area contributed by atoms with Crippen molar-refractivity contribution in [3.63, 3.8) is 0 Å². The fourth-order valence-corrected chi connectivity index (χ4v) is 2.03. The van der Waals surface area contributed by atoms with Gasteiger partial charge in [-0.3, -0.25) is 4.98 Å². The Hall–Kier alpha value is -1.80. The SMILES string of the molecule is Clc1cccc2cc(-c3cccnc3)[nH]c12.